The van der Waals surface area contributed by atoms with Crippen molar-refractivity contribution in [2.24, 2.45) is 5.92 Å². The minimum Gasteiger partial charge on any atom is -0.384 e. The molecule has 0 radical (unpaired) electrons. The molecule has 0 spiro atoms. The van der Waals surface area contributed by atoms with E-state index in [1.807, 2.05) is 25.1 Å². The average molecular weight is 322 g/mol. The van der Waals surface area contributed by atoms with Crippen LogP contribution >= 0.6 is 0 Å². The zero-order valence-electron chi connectivity index (χ0n) is 13.9. The van der Waals surface area contributed by atoms with Crippen LogP contribution in [0.25, 0.3) is 11.0 Å². The number of aryl methyl sites for hydroxylation is 1. The Hall–Kier alpha value is -2.63. The van der Waals surface area contributed by atoms with Gasteiger partial charge in [0.1, 0.15) is 23.3 Å². The molecule has 2 aromatic heterocycles. The maximum atomic E-state index is 5.87. The lowest BCUT2D eigenvalue weighted by molar-refractivity contribution is 0.405. The first-order valence-corrected chi connectivity index (χ1v) is 8.47. The zero-order valence-corrected chi connectivity index (χ0v) is 13.9. The number of nitrogen functional groups attached to an aromatic ring is 1. The molecule has 1 saturated heterocycles. The van der Waals surface area contributed by atoms with Gasteiger partial charge in [0, 0.05) is 25.6 Å². The fraction of sp³-hybridized carbons (Fsp3) is 0.389. The van der Waals surface area contributed by atoms with E-state index in [0.717, 1.165) is 54.4 Å². The van der Waals surface area contributed by atoms with Crippen LogP contribution in [0.15, 0.2) is 30.3 Å². The molecule has 4 rings (SSSR count). The number of piperidine rings is 1. The van der Waals surface area contributed by atoms with E-state index in [4.69, 9.17) is 10.7 Å². The molecule has 0 unspecified atom stereocenters. The van der Waals surface area contributed by atoms with E-state index in [1.165, 1.54) is 6.42 Å². The van der Waals surface area contributed by atoms with E-state index in [2.05, 4.69) is 32.0 Å². The number of fused-ring (bicyclic) bond motifs is 1. The zero-order chi connectivity index (χ0) is 16.5. The van der Waals surface area contributed by atoms with Crippen molar-refractivity contribution in [2.75, 3.05) is 23.7 Å². The largest absolute Gasteiger partial charge is 0.384 e. The third-order valence-electron chi connectivity index (χ3n) is 4.61. The normalized spacial score (nSPS) is 18.2. The van der Waals surface area contributed by atoms with Crippen molar-refractivity contribution in [3.63, 3.8) is 0 Å². The highest BCUT2D eigenvalue weighted by molar-refractivity contribution is 5.74. The van der Waals surface area contributed by atoms with Crippen LogP contribution in [0.3, 0.4) is 0 Å². The van der Waals surface area contributed by atoms with Gasteiger partial charge in [-0.2, -0.15) is 0 Å². The first-order valence-electron chi connectivity index (χ1n) is 8.47. The van der Waals surface area contributed by atoms with Gasteiger partial charge in [0.05, 0.1) is 11.0 Å². The molecular weight excluding hydrogens is 300 g/mol. The van der Waals surface area contributed by atoms with Gasteiger partial charge < -0.3 is 15.6 Å². The number of nitrogens with two attached hydrogens (primary N) is 1. The van der Waals surface area contributed by atoms with Crippen LogP contribution < -0.4 is 10.6 Å². The van der Waals surface area contributed by atoms with Crippen LogP contribution in [-0.4, -0.2) is 33.0 Å². The molecule has 24 heavy (non-hydrogen) atoms. The second-order valence-electron chi connectivity index (χ2n) is 6.56. The summed E-state index contributed by atoms with van der Waals surface area (Å²) in [4.78, 5) is 19.2. The lowest BCUT2D eigenvalue weighted by atomic mass is 9.94. The first kappa shape index (κ1) is 14.9. The quantitative estimate of drug-likeness (QED) is 0.774. The number of benzene rings is 1. The van der Waals surface area contributed by atoms with Crippen LogP contribution in [-0.2, 0) is 6.42 Å². The highest BCUT2D eigenvalue weighted by atomic mass is 15.2. The minimum atomic E-state index is 0.539. The molecule has 6 heteroatoms. The molecule has 0 saturated carbocycles. The Kier molecular flexibility index (Phi) is 3.80. The number of nitrogens with one attached hydrogen (secondary N) is 1. The van der Waals surface area contributed by atoms with Crippen molar-refractivity contribution < 1.29 is 0 Å². The summed E-state index contributed by atoms with van der Waals surface area (Å²) in [5.74, 6) is 3.84. The average Bonchev–Trinajstić information content (AvgIpc) is 2.96. The molecule has 124 valence electrons. The number of rotatable bonds is 3. The Bertz CT molecular complexity index is 802. The second-order valence-corrected chi connectivity index (χ2v) is 6.56. The van der Waals surface area contributed by atoms with E-state index in [1.54, 1.807) is 0 Å². The number of para-hydroxylation sites is 2. The number of aromatic nitrogens is 4. The van der Waals surface area contributed by atoms with Gasteiger partial charge >= 0.3 is 0 Å². The summed E-state index contributed by atoms with van der Waals surface area (Å²) in [6.07, 6.45) is 3.34. The predicted octanol–water partition coefficient (Wildman–Crippen LogP) is 2.70. The summed E-state index contributed by atoms with van der Waals surface area (Å²) in [6.45, 7) is 3.88. The van der Waals surface area contributed by atoms with E-state index >= 15 is 0 Å². The number of aromatic amines is 1. The highest BCUT2D eigenvalue weighted by Crippen LogP contribution is 2.25. The molecule has 1 fully saturated rings. The molecule has 0 bridgehead atoms. The number of hydrogen-bond donors (Lipinski definition) is 2. The van der Waals surface area contributed by atoms with Gasteiger partial charge in [0.15, 0.2) is 0 Å². The molecular formula is C18H22N6. The van der Waals surface area contributed by atoms with Gasteiger partial charge in [-0.15, -0.1) is 0 Å². The SMILES string of the molecule is Cc1nc(N)cc(N2CCC[C@@H](Cc3nc4ccccc4[nH]3)C2)n1. The van der Waals surface area contributed by atoms with Crippen LogP contribution in [0.2, 0.25) is 0 Å². The number of hydrogen-bond acceptors (Lipinski definition) is 5. The summed E-state index contributed by atoms with van der Waals surface area (Å²) in [5.41, 5.74) is 8.03. The number of imidazole rings is 1. The maximum Gasteiger partial charge on any atom is 0.134 e. The van der Waals surface area contributed by atoms with Crippen molar-refractivity contribution >= 4 is 22.7 Å². The molecule has 3 aromatic rings. The standard InChI is InChI=1S/C18H22N6/c1-12-20-16(19)10-18(21-12)24-8-4-5-13(11-24)9-17-22-14-6-2-3-7-15(14)23-17/h2-3,6-7,10,13H,4-5,8-9,11H2,1H3,(H,22,23)(H2,19,20,21)/t13-/m0/s1. The Morgan fingerprint density at radius 3 is 2.96 bits per heavy atom. The van der Waals surface area contributed by atoms with Crippen molar-refractivity contribution in [2.45, 2.75) is 26.2 Å². The van der Waals surface area contributed by atoms with E-state index in [-0.39, 0.29) is 0 Å². The smallest absolute Gasteiger partial charge is 0.134 e. The highest BCUT2D eigenvalue weighted by Gasteiger charge is 2.22. The van der Waals surface area contributed by atoms with Gasteiger partial charge in [-0.05, 0) is 37.8 Å². The number of nitrogens with zero attached hydrogens (tertiary/aromatic N) is 4. The third kappa shape index (κ3) is 3.04. The monoisotopic (exact) mass is 322 g/mol. The Balaban J connectivity index is 1.50. The summed E-state index contributed by atoms with van der Waals surface area (Å²) < 4.78 is 0. The molecule has 1 aliphatic heterocycles. The van der Waals surface area contributed by atoms with Gasteiger partial charge in [0.2, 0.25) is 0 Å². The summed E-state index contributed by atoms with van der Waals surface area (Å²) >= 11 is 0. The van der Waals surface area contributed by atoms with Crippen LogP contribution in [0.4, 0.5) is 11.6 Å². The molecule has 3 heterocycles. The summed E-state index contributed by atoms with van der Waals surface area (Å²) in [7, 11) is 0. The fourth-order valence-electron chi connectivity index (χ4n) is 3.55. The van der Waals surface area contributed by atoms with Crippen molar-refractivity contribution in [1.82, 2.24) is 19.9 Å². The topological polar surface area (TPSA) is 83.7 Å². The second kappa shape index (κ2) is 6.11. The van der Waals surface area contributed by atoms with Crippen LogP contribution in [0.1, 0.15) is 24.5 Å². The Morgan fingerprint density at radius 1 is 1.25 bits per heavy atom. The van der Waals surface area contributed by atoms with Gasteiger partial charge in [-0.25, -0.2) is 15.0 Å². The van der Waals surface area contributed by atoms with Gasteiger partial charge in [-0.1, -0.05) is 12.1 Å². The molecule has 6 nitrogen and oxygen atoms in total. The lowest BCUT2D eigenvalue weighted by Gasteiger charge is -2.33. The Labute approximate surface area is 141 Å². The van der Waals surface area contributed by atoms with E-state index in [0.29, 0.717) is 11.7 Å². The first-order chi connectivity index (χ1) is 11.7. The molecule has 3 N–H and O–H groups in total. The maximum absolute atomic E-state index is 5.87. The number of H-pyrrole nitrogens is 1. The van der Waals surface area contributed by atoms with Crippen LogP contribution in [0.5, 0.6) is 0 Å². The van der Waals surface area contributed by atoms with Crippen molar-refractivity contribution in [1.29, 1.82) is 0 Å². The van der Waals surface area contributed by atoms with Gasteiger partial charge in [0.25, 0.3) is 0 Å². The van der Waals surface area contributed by atoms with E-state index in [9.17, 15) is 0 Å². The fourth-order valence-corrected chi connectivity index (χ4v) is 3.55. The molecule has 0 aliphatic carbocycles. The van der Waals surface area contributed by atoms with E-state index < -0.39 is 0 Å². The molecule has 1 atom stereocenters. The van der Waals surface area contributed by atoms with Crippen molar-refractivity contribution in [3.8, 4) is 0 Å². The van der Waals surface area contributed by atoms with Gasteiger partial charge in [-0.3, -0.25) is 0 Å². The molecule has 0 amide bonds. The minimum absolute atomic E-state index is 0.539. The summed E-state index contributed by atoms with van der Waals surface area (Å²) in [6, 6.07) is 10.1. The third-order valence-corrected chi connectivity index (χ3v) is 4.61. The molecule has 1 aliphatic rings. The molecule has 1 aromatic carbocycles. The predicted molar refractivity (Wildman–Crippen MR) is 95.9 cm³/mol. The van der Waals surface area contributed by atoms with Crippen molar-refractivity contribution in [3.05, 3.63) is 42.0 Å². The number of anilines is 2. The van der Waals surface area contributed by atoms with Crippen LogP contribution in [0, 0.1) is 12.8 Å². The summed E-state index contributed by atoms with van der Waals surface area (Å²) in [5, 5.41) is 0. The Morgan fingerprint density at radius 2 is 2.12 bits per heavy atom. The lowest BCUT2D eigenvalue weighted by Crippen LogP contribution is -2.37.